The van der Waals surface area contributed by atoms with Gasteiger partial charge in [-0.3, -0.25) is 9.69 Å². The molecule has 0 saturated carbocycles. The molecule has 1 saturated heterocycles. The third kappa shape index (κ3) is 5.89. The van der Waals surface area contributed by atoms with Crippen molar-refractivity contribution >= 4 is 17.3 Å². The van der Waals surface area contributed by atoms with Crippen LogP contribution in [-0.2, 0) is 6.18 Å². The molecule has 0 aromatic heterocycles. The Kier molecular flexibility index (Phi) is 7.20. The number of piperazine rings is 1. The van der Waals surface area contributed by atoms with Gasteiger partial charge < -0.3 is 16.0 Å². The Bertz CT molecular complexity index is 834. The van der Waals surface area contributed by atoms with Crippen LogP contribution in [0.4, 0.5) is 24.5 Å². The molecule has 1 amide bonds. The van der Waals surface area contributed by atoms with E-state index in [0.717, 1.165) is 38.5 Å². The molecule has 0 atom stereocenters. The van der Waals surface area contributed by atoms with Gasteiger partial charge in [-0.2, -0.15) is 13.2 Å². The molecule has 5 nitrogen and oxygen atoms in total. The number of amides is 1. The molecule has 8 heteroatoms. The molecule has 1 heterocycles. The van der Waals surface area contributed by atoms with Crippen molar-refractivity contribution < 1.29 is 18.0 Å². The lowest BCUT2D eigenvalue weighted by atomic mass is 10.1. The maximum atomic E-state index is 13.1. The normalized spacial score (nSPS) is 15.2. The molecule has 2 aromatic carbocycles. The number of carbonyl (C=O) groups is 1. The minimum atomic E-state index is -4.45. The second-order valence-corrected chi connectivity index (χ2v) is 7.43. The summed E-state index contributed by atoms with van der Waals surface area (Å²) in [6.07, 6.45) is -2.61. The summed E-state index contributed by atoms with van der Waals surface area (Å²) >= 11 is 0. The molecule has 162 valence electrons. The van der Waals surface area contributed by atoms with Crippen LogP contribution in [0, 0.1) is 0 Å². The summed E-state index contributed by atoms with van der Waals surface area (Å²) < 4.78 is 39.2. The van der Waals surface area contributed by atoms with Crippen molar-refractivity contribution in [3.63, 3.8) is 0 Å². The van der Waals surface area contributed by atoms with Gasteiger partial charge in [-0.25, -0.2) is 0 Å². The van der Waals surface area contributed by atoms with E-state index in [0.29, 0.717) is 30.9 Å². The third-order valence-electron chi connectivity index (χ3n) is 5.30. The van der Waals surface area contributed by atoms with Crippen molar-refractivity contribution in [1.82, 2.24) is 10.2 Å². The van der Waals surface area contributed by atoms with Gasteiger partial charge in [0.1, 0.15) is 0 Å². The molecule has 1 aliphatic rings. The zero-order chi connectivity index (χ0) is 21.6. The first-order valence-electron chi connectivity index (χ1n) is 10.1. The van der Waals surface area contributed by atoms with E-state index in [-0.39, 0.29) is 11.6 Å². The van der Waals surface area contributed by atoms with Gasteiger partial charge >= 0.3 is 6.18 Å². The number of benzene rings is 2. The number of carbonyl (C=O) groups excluding carboxylic acids is 1. The molecule has 3 N–H and O–H groups in total. The highest BCUT2D eigenvalue weighted by atomic mass is 19.4. The monoisotopic (exact) mass is 420 g/mol. The molecule has 3 rings (SSSR count). The van der Waals surface area contributed by atoms with Crippen molar-refractivity contribution in [2.75, 3.05) is 49.9 Å². The van der Waals surface area contributed by atoms with Crippen molar-refractivity contribution in [3.05, 3.63) is 59.7 Å². The Hall–Kier alpha value is -2.74. The maximum Gasteiger partial charge on any atom is 0.418 e. The number of hydrogen-bond acceptors (Lipinski definition) is 4. The van der Waals surface area contributed by atoms with Gasteiger partial charge in [-0.1, -0.05) is 18.2 Å². The lowest BCUT2D eigenvalue weighted by molar-refractivity contribution is -0.136. The number of nitrogens with one attached hydrogen (secondary N) is 1. The highest BCUT2D eigenvalue weighted by molar-refractivity contribution is 5.94. The van der Waals surface area contributed by atoms with E-state index >= 15 is 0 Å². The first-order valence-corrected chi connectivity index (χ1v) is 10.1. The molecule has 30 heavy (non-hydrogen) atoms. The van der Waals surface area contributed by atoms with Crippen molar-refractivity contribution in [2.24, 2.45) is 0 Å². The van der Waals surface area contributed by atoms with E-state index in [2.05, 4.69) is 10.2 Å². The largest absolute Gasteiger partial charge is 0.418 e. The number of nitrogens with two attached hydrogens (primary N) is 1. The lowest BCUT2D eigenvalue weighted by Crippen LogP contribution is -2.46. The molecular weight excluding hydrogens is 393 g/mol. The maximum absolute atomic E-state index is 13.1. The summed E-state index contributed by atoms with van der Waals surface area (Å²) in [6, 6.07) is 13.2. The fraction of sp³-hybridized carbons (Fsp3) is 0.409. The predicted molar refractivity (Wildman–Crippen MR) is 113 cm³/mol. The van der Waals surface area contributed by atoms with Gasteiger partial charge in [-0.05, 0) is 49.7 Å². The number of unbranched alkanes of at least 4 members (excludes halogenated alkanes) is 1. The van der Waals surface area contributed by atoms with Gasteiger partial charge in [0.15, 0.2) is 0 Å². The minimum absolute atomic E-state index is 0.0639. The van der Waals surface area contributed by atoms with E-state index in [9.17, 15) is 18.0 Å². The molecule has 0 radical (unpaired) electrons. The molecule has 0 bridgehead atoms. The van der Waals surface area contributed by atoms with Crippen LogP contribution in [0.15, 0.2) is 48.5 Å². The summed E-state index contributed by atoms with van der Waals surface area (Å²) in [5, 5.41) is 2.92. The van der Waals surface area contributed by atoms with Crippen LogP contribution in [0.5, 0.6) is 0 Å². The topological polar surface area (TPSA) is 61.6 Å². The molecule has 1 fully saturated rings. The number of nitrogen functional groups attached to an aromatic ring is 1. The third-order valence-corrected chi connectivity index (χ3v) is 5.30. The van der Waals surface area contributed by atoms with Crippen LogP contribution in [0.25, 0.3) is 0 Å². The number of alkyl halides is 3. The zero-order valence-corrected chi connectivity index (χ0v) is 16.8. The molecule has 0 unspecified atom stereocenters. The molecule has 1 aliphatic heterocycles. The lowest BCUT2D eigenvalue weighted by Gasteiger charge is -2.36. The smallest absolute Gasteiger partial charge is 0.398 e. The average molecular weight is 420 g/mol. The minimum Gasteiger partial charge on any atom is -0.398 e. The first kappa shape index (κ1) is 22.0. The van der Waals surface area contributed by atoms with E-state index in [4.69, 9.17) is 5.73 Å². The van der Waals surface area contributed by atoms with E-state index in [1.165, 1.54) is 6.07 Å². The Morgan fingerprint density at radius 1 is 1.00 bits per heavy atom. The van der Waals surface area contributed by atoms with E-state index in [1.54, 1.807) is 18.2 Å². The van der Waals surface area contributed by atoms with Gasteiger partial charge in [0, 0.05) is 49.7 Å². The van der Waals surface area contributed by atoms with Gasteiger partial charge in [0.2, 0.25) is 0 Å². The summed E-state index contributed by atoms with van der Waals surface area (Å²) in [7, 11) is 0. The second-order valence-electron chi connectivity index (χ2n) is 7.43. The van der Waals surface area contributed by atoms with E-state index < -0.39 is 11.7 Å². The number of nitrogens with zero attached hydrogens (tertiary/aromatic N) is 2. The average Bonchev–Trinajstić information content (AvgIpc) is 2.74. The summed E-state index contributed by atoms with van der Waals surface area (Å²) in [4.78, 5) is 16.2. The summed E-state index contributed by atoms with van der Waals surface area (Å²) in [6.45, 7) is 4.46. The first-order chi connectivity index (χ1) is 14.3. The molecule has 0 spiro atoms. The van der Waals surface area contributed by atoms with Crippen LogP contribution in [0.1, 0.15) is 28.8 Å². The highest BCUT2D eigenvalue weighted by Gasteiger charge is 2.33. The van der Waals surface area contributed by atoms with E-state index in [1.807, 2.05) is 23.1 Å². The Morgan fingerprint density at radius 2 is 1.70 bits per heavy atom. The van der Waals surface area contributed by atoms with Crippen LogP contribution in [0.3, 0.4) is 0 Å². The zero-order valence-electron chi connectivity index (χ0n) is 16.8. The van der Waals surface area contributed by atoms with Crippen molar-refractivity contribution in [1.29, 1.82) is 0 Å². The number of anilines is 2. The quantitative estimate of drug-likeness (QED) is 0.531. The number of rotatable bonds is 7. The second kappa shape index (κ2) is 9.84. The van der Waals surface area contributed by atoms with Gasteiger partial charge in [0.25, 0.3) is 5.91 Å². The Balaban J connectivity index is 1.37. The Morgan fingerprint density at radius 3 is 2.37 bits per heavy atom. The van der Waals surface area contributed by atoms with Crippen molar-refractivity contribution in [3.8, 4) is 0 Å². The fourth-order valence-corrected chi connectivity index (χ4v) is 3.57. The van der Waals surface area contributed by atoms with Crippen LogP contribution in [-0.4, -0.2) is 50.1 Å². The van der Waals surface area contributed by atoms with Gasteiger partial charge in [0.05, 0.1) is 5.56 Å². The Labute approximate surface area is 174 Å². The van der Waals surface area contributed by atoms with Crippen LogP contribution in [0.2, 0.25) is 0 Å². The van der Waals surface area contributed by atoms with Gasteiger partial charge in [-0.15, -0.1) is 0 Å². The van der Waals surface area contributed by atoms with Crippen LogP contribution >= 0.6 is 0 Å². The van der Waals surface area contributed by atoms with Crippen LogP contribution < -0.4 is 16.0 Å². The summed E-state index contributed by atoms with van der Waals surface area (Å²) in [5.74, 6) is -0.0639. The number of hydrogen-bond donors (Lipinski definition) is 2. The molecule has 2 aromatic rings. The van der Waals surface area contributed by atoms with Crippen molar-refractivity contribution in [2.45, 2.75) is 19.0 Å². The predicted octanol–water partition coefficient (Wildman–Crippen LogP) is 3.62. The molecule has 0 aliphatic carbocycles. The highest BCUT2D eigenvalue weighted by Crippen LogP contribution is 2.36. The summed E-state index contributed by atoms with van der Waals surface area (Å²) in [5.41, 5.74) is 5.67. The standard InChI is InChI=1S/C22H27F3N4O/c23-22(24,25)19-16-18(8-9-20(19)26)29-14-12-28(13-15-29)11-5-4-10-27-21(30)17-6-2-1-3-7-17/h1-3,6-9,16H,4-5,10-15,26H2,(H,27,30). The fourth-order valence-electron chi connectivity index (χ4n) is 3.57. The number of halogens is 3. The SMILES string of the molecule is Nc1ccc(N2CCN(CCCCNC(=O)c3ccccc3)CC2)cc1C(F)(F)F. The molecular formula is C22H27F3N4O.